The summed E-state index contributed by atoms with van der Waals surface area (Å²) in [5, 5.41) is 3.77. The molecule has 1 saturated heterocycles. The Kier molecular flexibility index (Phi) is 6.90. The highest BCUT2D eigenvalue weighted by Gasteiger charge is 2.23. The molecule has 3 aromatic rings. The zero-order valence-electron chi connectivity index (χ0n) is 21.1. The van der Waals surface area contributed by atoms with Crippen LogP contribution in [0.25, 0.3) is 11.3 Å². The highest BCUT2D eigenvalue weighted by atomic mass is 16.1. The Balaban J connectivity index is 1.27. The summed E-state index contributed by atoms with van der Waals surface area (Å²) >= 11 is 0. The maximum absolute atomic E-state index is 13.1. The van der Waals surface area contributed by atoms with E-state index in [1.165, 1.54) is 25.7 Å². The molecule has 3 aromatic heterocycles. The van der Waals surface area contributed by atoms with Gasteiger partial charge in [-0.3, -0.25) is 14.3 Å². The van der Waals surface area contributed by atoms with Crippen LogP contribution in [0.5, 0.6) is 0 Å². The molecule has 0 spiro atoms. The van der Waals surface area contributed by atoms with E-state index in [-0.39, 0.29) is 11.7 Å². The summed E-state index contributed by atoms with van der Waals surface area (Å²) in [6.07, 6.45) is 15.7. The van der Waals surface area contributed by atoms with Gasteiger partial charge in [0.25, 0.3) is 5.56 Å². The Bertz CT molecular complexity index is 1200. The third-order valence-corrected chi connectivity index (χ3v) is 7.61. The van der Waals surface area contributed by atoms with E-state index in [4.69, 9.17) is 0 Å². The van der Waals surface area contributed by atoms with E-state index in [2.05, 4.69) is 32.3 Å². The lowest BCUT2D eigenvalue weighted by Crippen LogP contribution is -2.47. The zero-order valence-corrected chi connectivity index (χ0v) is 21.1. The van der Waals surface area contributed by atoms with E-state index in [1.54, 1.807) is 17.0 Å². The fourth-order valence-electron chi connectivity index (χ4n) is 5.04. The molecule has 8 heteroatoms. The molecule has 2 atom stereocenters. The largest absolute Gasteiger partial charge is 0.376 e. The van der Waals surface area contributed by atoms with Gasteiger partial charge in [-0.2, -0.15) is 0 Å². The van der Waals surface area contributed by atoms with Crippen molar-refractivity contribution in [2.45, 2.75) is 51.2 Å². The smallest absolute Gasteiger partial charge is 0.254 e. The summed E-state index contributed by atoms with van der Waals surface area (Å²) in [4.78, 5) is 26.4. The Labute approximate surface area is 207 Å². The lowest BCUT2D eigenvalue weighted by atomic mass is 9.85. The molecule has 4 heterocycles. The molecule has 2 fully saturated rings. The summed E-state index contributed by atoms with van der Waals surface area (Å²) < 4.78 is 3.74. The van der Waals surface area contributed by atoms with Gasteiger partial charge in [-0.05, 0) is 57.2 Å². The van der Waals surface area contributed by atoms with E-state index in [0.29, 0.717) is 6.04 Å². The number of hydrogen-bond acceptors (Lipinski definition) is 6. The minimum Gasteiger partial charge on any atom is -0.376 e. The van der Waals surface area contributed by atoms with Gasteiger partial charge in [0.05, 0.1) is 23.9 Å². The molecule has 1 N–H and O–H groups in total. The Morgan fingerprint density at radius 3 is 2.77 bits per heavy atom. The van der Waals surface area contributed by atoms with Crippen LogP contribution in [0.4, 0.5) is 11.4 Å². The van der Waals surface area contributed by atoms with Crippen molar-refractivity contribution in [1.82, 2.24) is 24.4 Å². The van der Waals surface area contributed by atoms with E-state index in [9.17, 15) is 4.79 Å². The van der Waals surface area contributed by atoms with Crippen LogP contribution in [0.15, 0.2) is 54.1 Å². The standard InChI is InChI=1S/C27H37N7O/c1-20(33-18-26(30-19-33)22-12-25(31(2)3)16-28-15-22)34-11-9-24(13-27(34)35)32-10-5-8-23(17-32)29-14-21-6-4-7-21/h9,11-13,15-16,18-21,23,29H,4-8,10,14,17H2,1-3H3/t20?,23-/m1/s1. The molecule has 0 bridgehead atoms. The molecular formula is C27H37N7O. The maximum Gasteiger partial charge on any atom is 0.254 e. The lowest BCUT2D eigenvalue weighted by Gasteiger charge is -2.36. The summed E-state index contributed by atoms with van der Waals surface area (Å²) in [6.45, 7) is 5.13. The number of anilines is 2. The second-order valence-corrected chi connectivity index (χ2v) is 10.3. The van der Waals surface area contributed by atoms with Crippen LogP contribution in [-0.2, 0) is 0 Å². The number of pyridine rings is 2. The van der Waals surface area contributed by atoms with Crippen LogP contribution in [0.1, 0.15) is 45.2 Å². The second kappa shape index (κ2) is 10.2. The monoisotopic (exact) mass is 475 g/mol. The van der Waals surface area contributed by atoms with E-state index >= 15 is 0 Å². The lowest BCUT2D eigenvalue weighted by molar-refractivity contribution is 0.280. The highest BCUT2D eigenvalue weighted by Crippen LogP contribution is 2.26. The predicted octanol–water partition coefficient (Wildman–Crippen LogP) is 3.60. The molecule has 0 radical (unpaired) electrons. The zero-order chi connectivity index (χ0) is 24.4. The van der Waals surface area contributed by atoms with E-state index in [1.807, 2.05) is 55.3 Å². The minimum atomic E-state index is -0.180. The quantitative estimate of drug-likeness (QED) is 0.537. The third kappa shape index (κ3) is 5.27. The van der Waals surface area contributed by atoms with Gasteiger partial charge < -0.3 is 19.7 Å². The fraction of sp³-hybridized carbons (Fsp3) is 0.519. The number of aromatic nitrogens is 4. The maximum atomic E-state index is 13.1. The van der Waals surface area contributed by atoms with Crippen molar-refractivity contribution in [2.24, 2.45) is 5.92 Å². The number of hydrogen-bond donors (Lipinski definition) is 1. The van der Waals surface area contributed by atoms with Gasteiger partial charge in [0.15, 0.2) is 0 Å². The first kappa shape index (κ1) is 23.6. The van der Waals surface area contributed by atoms with Crippen molar-refractivity contribution >= 4 is 11.4 Å². The average Bonchev–Trinajstić information content (AvgIpc) is 3.33. The predicted molar refractivity (Wildman–Crippen MR) is 141 cm³/mol. The molecule has 8 nitrogen and oxygen atoms in total. The molecule has 1 aliphatic carbocycles. The fourth-order valence-corrected chi connectivity index (χ4v) is 5.04. The van der Waals surface area contributed by atoms with Gasteiger partial charge in [-0.15, -0.1) is 0 Å². The number of rotatable bonds is 8. The summed E-state index contributed by atoms with van der Waals surface area (Å²) in [7, 11) is 3.99. The van der Waals surface area contributed by atoms with Crippen molar-refractivity contribution in [3.8, 4) is 11.3 Å². The molecule has 0 aromatic carbocycles. The number of nitrogens with one attached hydrogen (secondary N) is 1. The molecule has 1 saturated carbocycles. The molecule has 35 heavy (non-hydrogen) atoms. The highest BCUT2D eigenvalue weighted by molar-refractivity contribution is 5.63. The van der Waals surface area contributed by atoms with Gasteiger partial charge >= 0.3 is 0 Å². The van der Waals surface area contributed by atoms with Crippen LogP contribution < -0.4 is 20.7 Å². The molecule has 5 rings (SSSR count). The van der Waals surface area contributed by atoms with Gasteiger partial charge in [0.2, 0.25) is 0 Å². The van der Waals surface area contributed by atoms with Crippen molar-refractivity contribution in [3.63, 3.8) is 0 Å². The van der Waals surface area contributed by atoms with Crippen molar-refractivity contribution in [1.29, 1.82) is 0 Å². The van der Waals surface area contributed by atoms with Crippen LogP contribution in [-0.4, -0.2) is 58.9 Å². The topological polar surface area (TPSA) is 71.2 Å². The molecule has 186 valence electrons. The van der Waals surface area contributed by atoms with Gasteiger partial charge in [0, 0.05) is 69.1 Å². The number of nitrogens with zero attached hydrogens (tertiary/aromatic N) is 6. The van der Waals surface area contributed by atoms with Crippen LogP contribution >= 0.6 is 0 Å². The normalized spacial score (nSPS) is 19.4. The van der Waals surface area contributed by atoms with Crippen LogP contribution in [0, 0.1) is 5.92 Å². The van der Waals surface area contributed by atoms with Gasteiger partial charge in [-0.25, -0.2) is 4.98 Å². The Morgan fingerprint density at radius 1 is 1.17 bits per heavy atom. The van der Waals surface area contributed by atoms with Gasteiger partial charge in [-0.1, -0.05) is 6.42 Å². The minimum absolute atomic E-state index is 0.00562. The first-order valence-corrected chi connectivity index (χ1v) is 12.8. The molecule has 2 aliphatic rings. The molecule has 0 amide bonds. The van der Waals surface area contributed by atoms with E-state index < -0.39 is 0 Å². The SMILES string of the molecule is CC(n1cnc(-c2cncc(N(C)C)c2)c1)n1ccc(N2CCC[C@@H](NCC3CCC3)C2)cc1=O. The summed E-state index contributed by atoms with van der Waals surface area (Å²) in [5.41, 5.74) is 3.84. The number of imidazole rings is 1. The van der Waals surface area contributed by atoms with Crippen molar-refractivity contribution in [2.75, 3.05) is 43.5 Å². The Hall–Kier alpha value is -3.13. The van der Waals surface area contributed by atoms with Crippen molar-refractivity contribution < 1.29 is 0 Å². The average molecular weight is 476 g/mol. The number of piperidine rings is 1. The Morgan fingerprint density at radius 2 is 2.03 bits per heavy atom. The van der Waals surface area contributed by atoms with Gasteiger partial charge in [0.1, 0.15) is 6.17 Å². The van der Waals surface area contributed by atoms with Crippen molar-refractivity contribution in [3.05, 3.63) is 59.7 Å². The molecular weight excluding hydrogens is 438 g/mol. The molecule has 1 aliphatic heterocycles. The third-order valence-electron chi connectivity index (χ3n) is 7.61. The second-order valence-electron chi connectivity index (χ2n) is 10.3. The van der Waals surface area contributed by atoms with Crippen LogP contribution in [0.3, 0.4) is 0 Å². The first-order chi connectivity index (χ1) is 17.0. The molecule has 1 unspecified atom stereocenters. The first-order valence-electron chi connectivity index (χ1n) is 12.8. The summed E-state index contributed by atoms with van der Waals surface area (Å²) in [5.74, 6) is 0.868. The summed E-state index contributed by atoms with van der Waals surface area (Å²) in [6, 6.07) is 6.44. The van der Waals surface area contributed by atoms with Crippen LogP contribution in [0.2, 0.25) is 0 Å². The van der Waals surface area contributed by atoms with E-state index in [0.717, 1.165) is 54.6 Å².